The van der Waals surface area contributed by atoms with Crippen LogP contribution >= 0.6 is 0 Å². The van der Waals surface area contributed by atoms with E-state index in [0.717, 1.165) is 24.8 Å². The van der Waals surface area contributed by atoms with Crippen molar-refractivity contribution in [3.8, 4) is 0 Å². The first-order valence-corrected chi connectivity index (χ1v) is 7.71. The van der Waals surface area contributed by atoms with Gasteiger partial charge in [-0.25, -0.2) is 0 Å². The number of aromatic nitrogens is 2. The SMILES string of the molecule is CC(C)N1Cc2cccc(NC(=O)c3c([N+](=O)[O-])cnn3C)c2C1. The maximum atomic E-state index is 12.5. The molecule has 0 bridgehead atoms. The van der Waals surface area contributed by atoms with Crippen molar-refractivity contribution < 1.29 is 9.72 Å². The van der Waals surface area contributed by atoms with E-state index in [1.807, 2.05) is 18.2 Å². The fourth-order valence-corrected chi connectivity index (χ4v) is 2.93. The molecule has 1 amide bonds. The standard InChI is InChI=1S/C16H19N5O3/c1-10(2)20-8-11-5-4-6-13(12(11)9-20)18-16(22)15-14(21(23)24)7-17-19(15)3/h4-7,10H,8-9H2,1-3H3,(H,18,22). The zero-order valence-electron chi connectivity index (χ0n) is 13.8. The van der Waals surface area contributed by atoms with Gasteiger partial charge in [-0.3, -0.25) is 24.5 Å². The largest absolute Gasteiger partial charge is 0.320 e. The predicted octanol–water partition coefficient (Wildman–Crippen LogP) is 2.30. The molecule has 0 atom stereocenters. The van der Waals surface area contributed by atoms with E-state index in [-0.39, 0.29) is 11.4 Å². The van der Waals surface area contributed by atoms with Gasteiger partial charge in [-0.1, -0.05) is 12.1 Å². The normalized spacial score (nSPS) is 14.0. The average molecular weight is 329 g/mol. The fraction of sp³-hybridized carbons (Fsp3) is 0.375. The van der Waals surface area contributed by atoms with Gasteiger partial charge in [0, 0.05) is 31.9 Å². The molecule has 0 saturated heterocycles. The third kappa shape index (κ3) is 2.76. The van der Waals surface area contributed by atoms with E-state index in [1.165, 1.54) is 17.3 Å². The van der Waals surface area contributed by atoms with Crippen molar-refractivity contribution in [2.24, 2.45) is 7.05 Å². The van der Waals surface area contributed by atoms with E-state index in [1.54, 1.807) is 0 Å². The van der Waals surface area contributed by atoms with Crippen LogP contribution in [0.25, 0.3) is 0 Å². The molecule has 0 saturated carbocycles. The molecule has 0 aliphatic carbocycles. The van der Waals surface area contributed by atoms with Gasteiger partial charge < -0.3 is 5.32 Å². The van der Waals surface area contributed by atoms with Crippen molar-refractivity contribution in [2.75, 3.05) is 5.32 Å². The van der Waals surface area contributed by atoms with Crippen molar-refractivity contribution in [1.29, 1.82) is 0 Å². The topological polar surface area (TPSA) is 93.3 Å². The second-order valence-electron chi connectivity index (χ2n) is 6.16. The molecule has 0 fully saturated rings. The number of amides is 1. The molecule has 1 N–H and O–H groups in total. The number of anilines is 1. The van der Waals surface area contributed by atoms with E-state index < -0.39 is 10.8 Å². The Kier molecular flexibility index (Phi) is 4.06. The minimum atomic E-state index is -0.599. The van der Waals surface area contributed by atoms with Gasteiger partial charge in [0.1, 0.15) is 6.20 Å². The number of hydrogen-bond donors (Lipinski definition) is 1. The van der Waals surface area contributed by atoms with Crippen LogP contribution < -0.4 is 5.32 Å². The van der Waals surface area contributed by atoms with Crippen LogP contribution in [0.15, 0.2) is 24.4 Å². The average Bonchev–Trinajstić information content (AvgIpc) is 3.11. The smallest absolute Gasteiger partial charge is 0.320 e. The van der Waals surface area contributed by atoms with E-state index in [4.69, 9.17) is 0 Å². The summed E-state index contributed by atoms with van der Waals surface area (Å²) >= 11 is 0. The lowest BCUT2D eigenvalue weighted by atomic mass is 10.1. The predicted molar refractivity (Wildman–Crippen MR) is 88.6 cm³/mol. The quantitative estimate of drug-likeness (QED) is 0.686. The van der Waals surface area contributed by atoms with Crippen molar-refractivity contribution in [1.82, 2.24) is 14.7 Å². The number of fused-ring (bicyclic) bond motifs is 1. The summed E-state index contributed by atoms with van der Waals surface area (Å²) in [7, 11) is 1.51. The maximum absolute atomic E-state index is 12.5. The Hall–Kier alpha value is -2.74. The van der Waals surface area contributed by atoms with E-state index in [9.17, 15) is 14.9 Å². The van der Waals surface area contributed by atoms with Crippen molar-refractivity contribution in [3.63, 3.8) is 0 Å². The van der Waals surface area contributed by atoms with Gasteiger partial charge in [-0.2, -0.15) is 5.10 Å². The molecule has 126 valence electrons. The first-order chi connectivity index (χ1) is 11.4. The van der Waals surface area contributed by atoms with E-state index in [0.29, 0.717) is 11.7 Å². The molecular weight excluding hydrogens is 310 g/mol. The van der Waals surface area contributed by atoms with Gasteiger partial charge in [0.05, 0.1) is 4.92 Å². The van der Waals surface area contributed by atoms with Crippen LogP contribution in [0.1, 0.15) is 35.5 Å². The first kappa shape index (κ1) is 16.1. The van der Waals surface area contributed by atoms with Crippen LogP contribution in [0.3, 0.4) is 0 Å². The highest BCUT2D eigenvalue weighted by Gasteiger charge is 2.28. The fourth-order valence-electron chi connectivity index (χ4n) is 2.93. The first-order valence-electron chi connectivity index (χ1n) is 7.71. The molecule has 0 radical (unpaired) electrons. The molecule has 1 aliphatic heterocycles. The molecule has 1 aliphatic rings. The number of nitro groups is 1. The van der Waals surface area contributed by atoms with Gasteiger partial charge in [0.15, 0.2) is 0 Å². The third-order valence-corrected chi connectivity index (χ3v) is 4.32. The Bertz CT molecular complexity index is 812. The number of rotatable bonds is 4. The molecule has 3 rings (SSSR count). The molecular formula is C16H19N5O3. The molecule has 0 unspecified atom stereocenters. The third-order valence-electron chi connectivity index (χ3n) is 4.32. The summed E-state index contributed by atoms with van der Waals surface area (Å²) in [5.74, 6) is -0.530. The summed E-state index contributed by atoms with van der Waals surface area (Å²) in [6.07, 6.45) is 1.09. The summed E-state index contributed by atoms with van der Waals surface area (Å²) < 4.78 is 1.22. The van der Waals surface area contributed by atoms with Gasteiger partial charge in [0.25, 0.3) is 5.91 Å². The number of nitrogens with zero attached hydrogens (tertiary/aromatic N) is 4. The van der Waals surface area contributed by atoms with Crippen LogP contribution in [0.4, 0.5) is 11.4 Å². The van der Waals surface area contributed by atoms with Gasteiger partial charge >= 0.3 is 5.69 Å². The monoisotopic (exact) mass is 329 g/mol. The zero-order chi connectivity index (χ0) is 17.4. The molecule has 2 heterocycles. The number of benzene rings is 1. The second-order valence-corrected chi connectivity index (χ2v) is 6.16. The molecule has 24 heavy (non-hydrogen) atoms. The Morgan fingerprint density at radius 3 is 2.79 bits per heavy atom. The number of carbonyl (C=O) groups is 1. The minimum absolute atomic E-state index is 0.0590. The summed E-state index contributed by atoms with van der Waals surface area (Å²) in [6.45, 7) is 5.84. The number of hydrogen-bond acceptors (Lipinski definition) is 5. The molecule has 1 aromatic heterocycles. The maximum Gasteiger partial charge on any atom is 0.320 e. The summed E-state index contributed by atoms with van der Waals surface area (Å²) in [4.78, 5) is 25.3. The molecule has 1 aromatic carbocycles. The van der Waals surface area contributed by atoms with E-state index >= 15 is 0 Å². The molecule has 0 spiro atoms. The lowest BCUT2D eigenvalue weighted by molar-refractivity contribution is -0.385. The highest BCUT2D eigenvalue weighted by molar-refractivity contribution is 6.06. The highest BCUT2D eigenvalue weighted by Crippen LogP contribution is 2.31. The molecule has 2 aromatic rings. The highest BCUT2D eigenvalue weighted by atomic mass is 16.6. The van der Waals surface area contributed by atoms with Gasteiger partial charge in [-0.15, -0.1) is 0 Å². The minimum Gasteiger partial charge on any atom is -0.320 e. The van der Waals surface area contributed by atoms with Crippen molar-refractivity contribution in [2.45, 2.75) is 33.0 Å². The van der Waals surface area contributed by atoms with Crippen molar-refractivity contribution in [3.05, 3.63) is 51.3 Å². The summed E-state index contributed by atoms with van der Waals surface area (Å²) in [6, 6.07) is 6.15. The number of nitrogens with one attached hydrogen (secondary N) is 1. The van der Waals surface area contributed by atoms with Crippen LogP contribution in [-0.2, 0) is 20.1 Å². The van der Waals surface area contributed by atoms with E-state index in [2.05, 4.69) is 29.2 Å². The molecule has 8 heteroatoms. The Balaban J connectivity index is 1.89. The Labute approximate surface area is 139 Å². The zero-order valence-corrected chi connectivity index (χ0v) is 13.8. The number of carbonyl (C=O) groups excluding carboxylic acids is 1. The lowest BCUT2D eigenvalue weighted by Gasteiger charge is -2.19. The van der Waals surface area contributed by atoms with Gasteiger partial charge in [-0.05, 0) is 31.0 Å². The molecule has 8 nitrogen and oxygen atoms in total. The second kappa shape index (κ2) is 6.04. The Morgan fingerprint density at radius 1 is 1.38 bits per heavy atom. The van der Waals surface area contributed by atoms with Crippen LogP contribution in [0, 0.1) is 10.1 Å². The van der Waals surface area contributed by atoms with Crippen LogP contribution in [-0.4, -0.2) is 31.6 Å². The summed E-state index contributed by atoms with van der Waals surface area (Å²) in [5.41, 5.74) is 2.56. The summed E-state index contributed by atoms with van der Waals surface area (Å²) in [5, 5.41) is 17.7. The van der Waals surface area contributed by atoms with Crippen molar-refractivity contribution >= 4 is 17.3 Å². The van der Waals surface area contributed by atoms with Crippen LogP contribution in [0.5, 0.6) is 0 Å². The van der Waals surface area contributed by atoms with Crippen LogP contribution in [0.2, 0.25) is 0 Å². The lowest BCUT2D eigenvalue weighted by Crippen LogP contribution is -2.24. The number of aryl methyl sites for hydroxylation is 1. The van der Waals surface area contributed by atoms with Gasteiger partial charge in [0.2, 0.25) is 5.69 Å². The Morgan fingerprint density at radius 2 is 2.12 bits per heavy atom.